The first kappa shape index (κ1) is 26.6. The monoisotopic (exact) mass is 609 g/mol. The first-order valence-corrected chi connectivity index (χ1v) is 16.3. The number of benzene rings is 8. The van der Waals surface area contributed by atoms with Gasteiger partial charge in [0.2, 0.25) is 0 Å². The van der Waals surface area contributed by atoms with Crippen molar-refractivity contribution >= 4 is 65.2 Å². The van der Waals surface area contributed by atoms with E-state index in [1.807, 2.05) is 12.1 Å². The number of aromatic nitrogens is 2. The molecular weight excluding hydrogens is 583 g/mol. The Kier molecular flexibility index (Phi) is 5.64. The standard InChI is InChI=1S/C45H27N3/c46-28-29-20-24-34-30(26-29)21-22-31-27-33(23-25-35(31)34)48-41-17-6-4-12-36(41)38-15-8-16-39(45(38)48)37-14-9-19-43-44(37)40-13-5-7-18-42(40)47(43)32-10-2-1-3-11-32/h1-27H. The van der Waals surface area contributed by atoms with Crippen molar-refractivity contribution in [3.8, 4) is 28.6 Å². The van der Waals surface area contributed by atoms with Crippen molar-refractivity contribution in [3.63, 3.8) is 0 Å². The average molecular weight is 610 g/mol. The molecule has 2 aromatic heterocycles. The molecule has 0 aliphatic heterocycles. The zero-order chi connectivity index (χ0) is 31.8. The highest BCUT2D eigenvalue weighted by Gasteiger charge is 2.21. The van der Waals surface area contributed by atoms with Crippen molar-refractivity contribution in [2.75, 3.05) is 0 Å². The molecule has 0 fully saturated rings. The molecule has 0 bridgehead atoms. The lowest BCUT2D eigenvalue weighted by atomic mass is 9.97. The van der Waals surface area contributed by atoms with Gasteiger partial charge in [-0.25, -0.2) is 0 Å². The van der Waals surface area contributed by atoms with E-state index in [-0.39, 0.29) is 0 Å². The number of hydrogen-bond donors (Lipinski definition) is 0. The van der Waals surface area contributed by atoms with Crippen LogP contribution in [0.25, 0.3) is 87.7 Å². The van der Waals surface area contributed by atoms with Gasteiger partial charge >= 0.3 is 0 Å². The van der Waals surface area contributed by atoms with E-state index < -0.39 is 0 Å². The molecule has 0 saturated carbocycles. The summed E-state index contributed by atoms with van der Waals surface area (Å²) in [6.45, 7) is 0. The van der Waals surface area contributed by atoms with Crippen LogP contribution in [0, 0.1) is 11.3 Å². The predicted molar refractivity (Wildman–Crippen MR) is 200 cm³/mol. The maximum Gasteiger partial charge on any atom is 0.0991 e. The van der Waals surface area contributed by atoms with Gasteiger partial charge in [0.15, 0.2) is 0 Å². The Balaban J connectivity index is 1.29. The zero-order valence-corrected chi connectivity index (χ0v) is 25.9. The van der Waals surface area contributed by atoms with Crippen LogP contribution in [0.2, 0.25) is 0 Å². The third-order valence-electron chi connectivity index (χ3n) is 9.90. The number of fused-ring (bicyclic) bond motifs is 9. The molecule has 0 amide bonds. The summed E-state index contributed by atoms with van der Waals surface area (Å²) in [5.41, 5.74) is 10.1. The van der Waals surface area contributed by atoms with Crippen LogP contribution in [0.15, 0.2) is 164 Å². The normalized spacial score (nSPS) is 11.7. The van der Waals surface area contributed by atoms with Gasteiger partial charge in [0.1, 0.15) is 0 Å². The average Bonchev–Trinajstić information content (AvgIpc) is 3.68. The van der Waals surface area contributed by atoms with Crippen molar-refractivity contribution in [1.82, 2.24) is 9.13 Å². The molecule has 48 heavy (non-hydrogen) atoms. The van der Waals surface area contributed by atoms with E-state index >= 15 is 0 Å². The second-order valence-electron chi connectivity index (χ2n) is 12.5. The number of nitriles is 1. The number of para-hydroxylation sites is 4. The molecule has 10 rings (SSSR count). The number of rotatable bonds is 3. The number of nitrogens with zero attached hydrogens (tertiary/aromatic N) is 3. The summed E-state index contributed by atoms with van der Waals surface area (Å²) in [6.07, 6.45) is 0. The van der Waals surface area contributed by atoms with Crippen molar-refractivity contribution in [2.45, 2.75) is 0 Å². The van der Waals surface area contributed by atoms with Gasteiger partial charge in [0, 0.05) is 38.5 Å². The van der Waals surface area contributed by atoms with Crippen LogP contribution in [-0.4, -0.2) is 9.13 Å². The summed E-state index contributed by atoms with van der Waals surface area (Å²) < 4.78 is 4.83. The molecule has 222 valence electrons. The second kappa shape index (κ2) is 10.2. The Hall–Kier alpha value is -6.63. The van der Waals surface area contributed by atoms with Crippen LogP contribution >= 0.6 is 0 Å². The molecule has 0 N–H and O–H groups in total. The fourth-order valence-corrected chi connectivity index (χ4v) is 7.87. The van der Waals surface area contributed by atoms with Crippen molar-refractivity contribution < 1.29 is 0 Å². The molecule has 0 radical (unpaired) electrons. The van der Waals surface area contributed by atoms with Gasteiger partial charge in [0.05, 0.1) is 33.7 Å². The summed E-state index contributed by atoms with van der Waals surface area (Å²) in [5.74, 6) is 0. The topological polar surface area (TPSA) is 33.6 Å². The molecule has 3 nitrogen and oxygen atoms in total. The van der Waals surface area contributed by atoms with Crippen molar-refractivity contribution in [3.05, 3.63) is 169 Å². The molecule has 10 aromatic rings. The van der Waals surface area contributed by atoms with Crippen LogP contribution in [-0.2, 0) is 0 Å². The lowest BCUT2D eigenvalue weighted by Crippen LogP contribution is -1.96. The van der Waals surface area contributed by atoms with Gasteiger partial charge in [-0.15, -0.1) is 0 Å². The zero-order valence-electron chi connectivity index (χ0n) is 25.9. The smallest absolute Gasteiger partial charge is 0.0991 e. The third-order valence-corrected chi connectivity index (χ3v) is 9.90. The van der Waals surface area contributed by atoms with Gasteiger partial charge in [-0.3, -0.25) is 0 Å². The number of hydrogen-bond acceptors (Lipinski definition) is 1. The first-order valence-electron chi connectivity index (χ1n) is 16.3. The molecule has 2 heterocycles. The lowest BCUT2D eigenvalue weighted by Gasteiger charge is -2.14. The summed E-state index contributed by atoms with van der Waals surface area (Å²) in [4.78, 5) is 0. The quantitative estimate of drug-likeness (QED) is 0.183. The van der Waals surface area contributed by atoms with E-state index in [2.05, 4.69) is 167 Å². The first-order chi connectivity index (χ1) is 23.8. The molecule has 0 saturated heterocycles. The van der Waals surface area contributed by atoms with E-state index in [0.717, 1.165) is 22.1 Å². The van der Waals surface area contributed by atoms with E-state index in [1.54, 1.807) is 0 Å². The largest absolute Gasteiger partial charge is 0.309 e. The Bertz CT molecular complexity index is 2950. The second-order valence-corrected chi connectivity index (χ2v) is 12.5. The molecule has 0 aliphatic carbocycles. The van der Waals surface area contributed by atoms with Crippen molar-refractivity contribution in [2.24, 2.45) is 0 Å². The summed E-state index contributed by atoms with van der Waals surface area (Å²) in [7, 11) is 0. The van der Waals surface area contributed by atoms with Gasteiger partial charge in [-0.05, 0) is 81.7 Å². The third kappa shape index (κ3) is 3.75. The summed E-state index contributed by atoms with van der Waals surface area (Å²) in [6, 6.07) is 60.9. The molecule has 8 aromatic carbocycles. The van der Waals surface area contributed by atoms with Crippen LogP contribution in [0.5, 0.6) is 0 Å². The maximum absolute atomic E-state index is 9.44. The van der Waals surface area contributed by atoms with Crippen molar-refractivity contribution in [1.29, 1.82) is 5.26 Å². The van der Waals surface area contributed by atoms with Gasteiger partial charge < -0.3 is 9.13 Å². The van der Waals surface area contributed by atoms with E-state index in [4.69, 9.17) is 0 Å². The van der Waals surface area contributed by atoms with E-state index in [0.29, 0.717) is 5.56 Å². The van der Waals surface area contributed by atoms with Crippen LogP contribution in [0.1, 0.15) is 5.56 Å². The minimum absolute atomic E-state index is 0.679. The van der Waals surface area contributed by atoms with E-state index in [9.17, 15) is 5.26 Å². The summed E-state index contributed by atoms with van der Waals surface area (Å²) >= 11 is 0. The predicted octanol–water partition coefficient (Wildman–Crippen LogP) is 11.7. The fourth-order valence-electron chi connectivity index (χ4n) is 7.87. The van der Waals surface area contributed by atoms with Gasteiger partial charge in [-0.2, -0.15) is 5.26 Å². The Morgan fingerprint density at radius 1 is 0.396 bits per heavy atom. The molecular formula is C45H27N3. The molecule has 0 unspecified atom stereocenters. The Morgan fingerprint density at radius 3 is 1.83 bits per heavy atom. The highest BCUT2D eigenvalue weighted by atomic mass is 15.0. The Labute approximate surface area is 276 Å². The maximum atomic E-state index is 9.44. The fraction of sp³-hybridized carbons (Fsp3) is 0. The van der Waals surface area contributed by atoms with Crippen LogP contribution in [0.3, 0.4) is 0 Å². The molecule has 0 spiro atoms. The minimum atomic E-state index is 0.679. The highest BCUT2D eigenvalue weighted by molar-refractivity contribution is 6.21. The molecule has 0 aliphatic rings. The van der Waals surface area contributed by atoms with Crippen LogP contribution in [0.4, 0.5) is 0 Å². The minimum Gasteiger partial charge on any atom is -0.309 e. The highest BCUT2D eigenvalue weighted by Crippen LogP contribution is 2.43. The summed E-state index contributed by atoms with van der Waals surface area (Å²) in [5, 5.41) is 19.0. The SMILES string of the molecule is N#Cc1ccc2c(ccc3cc(-n4c5ccccc5c5cccc(-c6cccc7c6c6ccccc6n7-c6ccccc6)c54)ccc32)c1. The van der Waals surface area contributed by atoms with E-state index in [1.165, 1.54) is 65.5 Å². The Morgan fingerprint density at radius 2 is 1.02 bits per heavy atom. The van der Waals surface area contributed by atoms with Gasteiger partial charge in [-0.1, -0.05) is 109 Å². The lowest BCUT2D eigenvalue weighted by molar-refractivity contribution is 1.18. The molecule has 0 atom stereocenters. The van der Waals surface area contributed by atoms with Gasteiger partial charge in [0.25, 0.3) is 0 Å². The molecule has 3 heteroatoms. The van der Waals surface area contributed by atoms with Crippen LogP contribution < -0.4 is 0 Å².